The molecule has 3 rings (SSSR count). The standard InChI is InChI=1S/C16H25N3/c1-13-6-9-17-11-15(13)19-12-16(18-10-14(19)2)7-4-3-5-8-16/h6,9,11,14,18H,3-5,7-8,10,12H2,1-2H3. The molecule has 2 aliphatic rings. The highest BCUT2D eigenvalue weighted by Gasteiger charge is 2.38. The molecule has 2 heterocycles. The van der Waals surface area contributed by atoms with Crippen molar-refractivity contribution in [2.75, 3.05) is 18.0 Å². The van der Waals surface area contributed by atoms with Gasteiger partial charge in [-0.1, -0.05) is 19.3 Å². The fourth-order valence-electron chi connectivity index (χ4n) is 3.65. The van der Waals surface area contributed by atoms with Crippen molar-refractivity contribution < 1.29 is 0 Å². The molecule has 1 aliphatic carbocycles. The summed E-state index contributed by atoms with van der Waals surface area (Å²) in [6.07, 6.45) is 10.7. The number of rotatable bonds is 1. The van der Waals surface area contributed by atoms with E-state index in [1.807, 2.05) is 12.4 Å². The van der Waals surface area contributed by atoms with Crippen molar-refractivity contribution in [3.05, 3.63) is 24.0 Å². The number of aromatic nitrogens is 1. The maximum atomic E-state index is 4.33. The van der Waals surface area contributed by atoms with E-state index in [-0.39, 0.29) is 0 Å². The number of piperazine rings is 1. The molecule has 0 radical (unpaired) electrons. The molecule has 1 aromatic heterocycles. The first-order valence-corrected chi connectivity index (χ1v) is 7.62. The Balaban J connectivity index is 1.85. The average Bonchev–Trinajstić information content (AvgIpc) is 2.44. The number of hydrogen-bond acceptors (Lipinski definition) is 3. The Morgan fingerprint density at radius 1 is 1.32 bits per heavy atom. The van der Waals surface area contributed by atoms with Crippen LogP contribution in [-0.4, -0.2) is 29.7 Å². The van der Waals surface area contributed by atoms with Crippen molar-refractivity contribution in [1.29, 1.82) is 0 Å². The van der Waals surface area contributed by atoms with Crippen LogP contribution in [0, 0.1) is 6.92 Å². The highest BCUT2D eigenvalue weighted by Crippen LogP contribution is 2.34. The maximum Gasteiger partial charge on any atom is 0.0585 e. The molecule has 3 nitrogen and oxygen atoms in total. The first kappa shape index (κ1) is 12.9. The van der Waals surface area contributed by atoms with Crippen LogP contribution in [-0.2, 0) is 0 Å². The van der Waals surface area contributed by atoms with Crippen molar-refractivity contribution in [3.8, 4) is 0 Å². The highest BCUT2D eigenvalue weighted by molar-refractivity contribution is 5.53. The molecule has 0 bridgehead atoms. The van der Waals surface area contributed by atoms with Crippen molar-refractivity contribution in [2.24, 2.45) is 0 Å². The van der Waals surface area contributed by atoms with E-state index in [1.54, 1.807) is 0 Å². The summed E-state index contributed by atoms with van der Waals surface area (Å²) in [4.78, 5) is 6.90. The Bertz CT molecular complexity index is 437. The van der Waals surface area contributed by atoms with Gasteiger partial charge in [0.05, 0.1) is 11.9 Å². The van der Waals surface area contributed by atoms with Crippen molar-refractivity contribution >= 4 is 5.69 Å². The van der Waals surface area contributed by atoms with Crippen LogP contribution in [0.4, 0.5) is 5.69 Å². The Kier molecular flexibility index (Phi) is 3.48. The van der Waals surface area contributed by atoms with Crippen LogP contribution >= 0.6 is 0 Å². The fourth-order valence-corrected chi connectivity index (χ4v) is 3.65. The fraction of sp³-hybridized carbons (Fsp3) is 0.688. The average molecular weight is 259 g/mol. The summed E-state index contributed by atoms with van der Waals surface area (Å²) in [5.74, 6) is 0. The van der Waals surface area contributed by atoms with Crippen LogP contribution in [0.5, 0.6) is 0 Å². The molecule has 1 atom stereocenters. The molecular weight excluding hydrogens is 234 g/mol. The van der Waals surface area contributed by atoms with Gasteiger partial charge in [-0.3, -0.25) is 4.98 Å². The first-order chi connectivity index (χ1) is 9.20. The van der Waals surface area contributed by atoms with E-state index in [2.05, 4.69) is 35.1 Å². The third kappa shape index (κ3) is 2.48. The second kappa shape index (κ2) is 5.12. The van der Waals surface area contributed by atoms with Gasteiger partial charge in [0.15, 0.2) is 0 Å². The molecule has 19 heavy (non-hydrogen) atoms. The molecule has 1 saturated carbocycles. The Morgan fingerprint density at radius 3 is 2.84 bits per heavy atom. The molecule has 0 amide bonds. The van der Waals surface area contributed by atoms with Gasteiger partial charge >= 0.3 is 0 Å². The summed E-state index contributed by atoms with van der Waals surface area (Å²) in [5.41, 5.74) is 3.02. The smallest absolute Gasteiger partial charge is 0.0585 e. The third-order valence-corrected chi connectivity index (χ3v) is 4.91. The number of anilines is 1. The molecule has 1 unspecified atom stereocenters. The lowest BCUT2D eigenvalue weighted by Crippen LogP contribution is -2.64. The zero-order chi connectivity index (χ0) is 13.3. The summed E-state index contributed by atoms with van der Waals surface area (Å²) in [7, 11) is 0. The van der Waals surface area contributed by atoms with Crippen molar-refractivity contribution in [2.45, 2.75) is 57.5 Å². The summed E-state index contributed by atoms with van der Waals surface area (Å²) in [6.45, 7) is 6.74. The Labute approximate surface area is 116 Å². The first-order valence-electron chi connectivity index (χ1n) is 7.62. The molecule has 1 N–H and O–H groups in total. The predicted molar refractivity (Wildman–Crippen MR) is 79.6 cm³/mol. The third-order valence-electron chi connectivity index (χ3n) is 4.91. The van der Waals surface area contributed by atoms with Crippen LogP contribution in [0.3, 0.4) is 0 Å². The minimum absolute atomic E-state index is 0.354. The van der Waals surface area contributed by atoms with E-state index in [0.29, 0.717) is 11.6 Å². The van der Waals surface area contributed by atoms with E-state index >= 15 is 0 Å². The molecule has 1 aromatic rings. The number of nitrogens with one attached hydrogen (secondary N) is 1. The van der Waals surface area contributed by atoms with Gasteiger partial charge in [0.25, 0.3) is 0 Å². The summed E-state index contributed by atoms with van der Waals surface area (Å²) >= 11 is 0. The second-order valence-corrected chi connectivity index (χ2v) is 6.36. The molecule has 104 valence electrons. The number of aryl methyl sites for hydroxylation is 1. The number of pyridine rings is 1. The Hall–Kier alpha value is -1.09. The molecule has 1 spiro atoms. The van der Waals surface area contributed by atoms with E-state index in [9.17, 15) is 0 Å². The van der Waals surface area contributed by atoms with Gasteiger partial charge in [0, 0.05) is 30.9 Å². The summed E-state index contributed by atoms with van der Waals surface area (Å²) in [6, 6.07) is 2.67. The molecule has 0 aromatic carbocycles. The Morgan fingerprint density at radius 2 is 2.11 bits per heavy atom. The van der Waals surface area contributed by atoms with Crippen LogP contribution in [0.2, 0.25) is 0 Å². The quantitative estimate of drug-likeness (QED) is 0.840. The van der Waals surface area contributed by atoms with Crippen LogP contribution in [0.15, 0.2) is 18.5 Å². The normalized spacial score (nSPS) is 26.6. The van der Waals surface area contributed by atoms with Crippen LogP contribution in [0.1, 0.15) is 44.6 Å². The van der Waals surface area contributed by atoms with E-state index < -0.39 is 0 Å². The maximum absolute atomic E-state index is 4.33. The monoisotopic (exact) mass is 259 g/mol. The lowest BCUT2D eigenvalue weighted by Gasteiger charge is -2.50. The molecular formula is C16H25N3. The molecule has 2 fully saturated rings. The minimum Gasteiger partial charge on any atom is -0.364 e. The number of hydrogen-bond donors (Lipinski definition) is 1. The molecule has 1 saturated heterocycles. The molecule has 1 aliphatic heterocycles. The zero-order valence-corrected chi connectivity index (χ0v) is 12.2. The van der Waals surface area contributed by atoms with Gasteiger partial charge in [0.2, 0.25) is 0 Å². The largest absolute Gasteiger partial charge is 0.364 e. The lowest BCUT2D eigenvalue weighted by molar-refractivity contribution is 0.200. The lowest BCUT2D eigenvalue weighted by atomic mass is 9.79. The van der Waals surface area contributed by atoms with Gasteiger partial charge < -0.3 is 10.2 Å². The van der Waals surface area contributed by atoms with Crippen molar-refractivity contribution in [1.82, 2.24) is 10.3 Å². The van der Waals surface area contributed by atoms with Crippen molar-refractivity contribution in [3.63, 3.8) is 0 Å². The minimum atomic E-state index is 0.354. The van der Waals surface area contributed by atoms with E-state index in [0.717, 1.165) is 13.1 Å². The highest BCUT2D eigenvalue weighted by atomic mass is 15.3. The van der Waals surface area contributed by atoms with Gasteiger partial charge in [-0.2, -0.15) is 0 Å². The second-order valence-electron chi connectivity index (χ2n) is 6.36. The van der Waals surface area contributed by atoms with Crippen LogP contribution in [0.25, 0.3) is 0 Å². The topological polar surface area (TPSA) is 28.2 Å². The summed E-state index contributed by atoms with van der Waals surface area (Å²) in [5, 5.41) is 3.84. The SMILES string of the molecule is Cc1ccncc1N1CC2(CCCCC2)NCC1C. The van der Waals surface area contributed by atoms with Gasteiger partial charge in [-0.25, -0.2) is 0 Å². The molecule has 3 heteroatoms. The van der Waals surface area contributed by atoms with E-state index in [1.165, 1.54) is 43.4 Å². The van der Waals surface area contributed by atoms with Crippen LogP contribution < -0.4 is 10.2 Å². The van der Waals surface area contributed by atoms with E-state index in [4.69, 9.17) is 0 Å². The van der Waals surface area contributed by atoms with Gasteiger partial charge in [0.1, 0.15) is 0 Å². The predicted octanol–water partition coefficient (Wildman–Crippen LogP) is 2.89. The van der Waals surface area contributed by atoms with Gasteiger partial charge in [-0.15, -0.1) is 0 Å². The van der Waals surface area contributed by atoms with Gasteiger partial charge in [-0.05, 0) is 38.3 Å². The summed E-state index contributed by atoms with van der Waals surface area (Å²) < 4.78 is 0. The number of nitrogens with zero attached hydrogens (tertiary/aromatic N) is 2. The zero-order valence-electron chi connectivity index (χ0n) is 12.2.